The quantitative estimate of drug-likeness (QED) is 0.669. The number of fused-ring (bicyclic) bond motifs is 1. The van der Waals surface area contributed by atoms with Gasteiger partial charge in [-0.15, -0.1) is 0 Å². The molecule has 2 aromatic carbocycles. The largest absolute Gasteiger partial charge is 0.423 e. The molecule has 3 rings (SSSR count). The van der Waals surface area contributed by atoms with Crippen LogP contribution in [0.25, 0.3) is 0 Å². The topological polar surface area (TPSA) is 67.4 Å². The number of esters is 1. The number of anilines is 2. The van der Waals surface area contributed by atoms with Gasteiger partial charge in [0.15, 0.2) is 5.75 Å². The summed E-state index contributed by atoms with van der Waals surface area (Å²) in [6.45, 7) is 1.82. The van der Waals surface area contributed by atoms with Crippen LogP contribution in [-0.2, 0) is 9.59 Å². The van der Waals surface area contributed by atoms with Crippen molar-refractivity contribution in [2.24, 2.45) is 0 Å². The van der Waals surface area contributed by atoms with Gasteiger partial charge in [-0.05, 0) is 36.8 Å². The van der Waals surface area contributed by atoms with Crippen molar-refractivity contribution in [1.29, 1.82) is 0 Å². The molecule has 0 radical (unpaired) electrons. The Labute approximate surface area is 138 Å². The first-order valence-corrected chi connectivity index (χ1v) is 7.54. The maximum atomic E-state index is 12.2. The third-order valence-electron chi connectivity index (χ3n) is 3.64. The summed E-state index contributed by atoms with van der Waals surface area (Å²) in [6.07, 6.45) is -0.0286. The van der Waals surface area contributed by atoms with Crippen LogP contribution >= 0.6 is 11.6 Å². The Bertz CT molecular complexity index is 776. The van der Waals surface area contributed by atoms with E-state index >= 15 is 0 Å². The van der Waals surface area contributed by atoms with Crippen molar-refractivity contribution in [3.05, 3.63) is 53.1 Å². The number of para-hydroxylation sites is 2. The zero-order chi connectivity index (χ0) is 16.4. The van der Waals surface area contributed by atoms with Crippen LogP contribution in [0.15, 0.2) is 42.5 Å². The number of carbonyl (C=O) groups is 2. The Hall–Kier alpha value is -2.53. The second kappa shape index (κ2) is 6.30. The van der Waals surface area contributed by atoms with Gasteiger partial charge in [-0.25, -0.2) is 4.79 Å². The highest BCUT2D eigenvalue weighted by atomic mass is 35.5. The van der Waals surface area contributed by atoms with Crippen molar-refractivity contribution in [2.75, 3.05) is 10.6 Å². The van der Waals surface area contributed by atoms with Gasteiger partial charge in [0.25, 0.3) is 0 Å². The molecule has 23 heavy (non-hydrogen) atoms. The SMILES string of the molecule is Cc1c(Cl)cccc1NC(=O)C[C@@H]1Nc2ccccc2OC1=O. The molecule has 0 fully saturated rings. The summed E-state index contributed by atoms with van der Waals surface area (Å²) in [7, 11) is 0. The Morgan fingerprint density at radius 2 is 2.04 bits per heavy atom. The molecule has 6 heteroatoms. The maximum absolute atomic E-state index is 12.2. The molecule has 0 bridgehead atoms. The fourth-order valence-corrected chi connectivity index (χ4v) is 2.54. The average molecular weight is 331 g/mol. The number of hydrogen-bond acceptors (Lipinski definition) is 4. The molecule has 5 nitrogen and oxygen atoms in total. The standard InChI is InChI=1S/C17H15ClN2O3/c1-10-11(18)5-4-7-12(10)20-16(21)9-14-17(22)23-15-8-3-2-6-13(15)19-14/h2-8,14,19H,9H2,1H3,(H,20,21)/t14-/m0/s1. The molecule has 2 N–H and O–H groups in total. The summed E-state index contributed by atoms with van der Waals surface area (Å²) >= 11 is 6.03. The smallest absolute Gasteiger partial charge is 0.334 e. The molecule has 1 aliphatic rings. The van der Waals surface area contributed by atoms with Crippen molar-refractivity contribution >= 4 is 34.9 Å². The number of amides is 1. The van der Waals surface area contributed by atoms with Gasteiger partial charge < -0.3 is 15.4 Å². The number of rotatable bonds is 3. The second-order valence-electron chi connectivity index (χ2n) is 5.28. The fourth-order valence-electron chi connectivity index (χ4n) is 2.36. The van der Waals surface area contributed by atoms with Crippen molar-refractivity contribution < 1.29 is 14.3 Å². The lowest BCUT2D eigenvalue weighted by atomic mass is 10.1. The zero-order valence-corrected chi connectivity index (χ0v) is 13.2. The first-order valence-electron chi connectivity index (χ1n) is 7.17. The highest BCUT2D eigenvalue weighted by Crippen LogP contribution is 2.29. The molecule has 1 atom stereocenters. The van der Waals surface area contributed by atoms with Crippen LogP contribution in [0.2, 0.25) is 5.02 Å². The van der Waals surface area contributed by atoms with E-state index in [9.17, 15) is 9.59 Å². The summed E-state index contributed by atoms with van der Waals surface area (Å²) in [4.78, 5) is 24.2. The third kappa shape index (κ3) is 3.29. The predicted molar refractivity (Wildman–Crippen MR) is 88.9 cm³/mol. The first-order chi connectivity index (χ1) is 11.0. The van der Waals surface area contributed by atoms with Gasteiger partial charge in [-0.3, -0.25) is 4.79 Å². The first kappa shape index (κ1) is 15.4. The lowest BCUT2D eigenvalue weighted by molar-refractivity contribution is -0.137. The molecule has 0 spiro atoms. The number of nitrogens with one attached hydrogen (secondary N) is 2. The third-order valence-corrected chi connectivity index (χ3v) is 4.05. The van der Waals surface area contributed by atoms with Gasteiger partial charge in [0.2, 0.25) is 5.91 Å². The van der Waals surface area contributed by atoms with Crippen molar-refractivity contribution in [3.63, 3.8) is 0 Å². The number of benzene rings is 2. The summed E-state index contributed by atoms with van der Waals surface area (Å²) in [6, 6.07) is 11.7. The van der Waals surface area contributed by atoms with Crippen LogP contribution in [0, 0.1) is 6.92 Å². The van der Waals surface area contributed by atoms with Crippen LogP contribution < -0.4 is 15.4 Å². The van der Waals surface area contributed by atoms with Gasteiger partial charge in [0.05, 0.1) is 12.1 Å². The average Bonchev–Trinajstić information content (AvgIpc) is 2.52. The lowest BCUT2D eigenvalue weighted by Gasteiger charge is -2.25. The molecule has 0 unspecified atom stereocenters. The van der Waals surface area contributed by atoms with Crippen LogP contribution in [-0.4, -0.2) is 17.9 Å². The van der Waals surface area contributed by atoms with E-state index in [1.165, 1.54) is 0 Å². The molecule has 118 valence electrons. The number of carbonyl (C=O) groups excluding carboxylic acids is 2. The van der Waals surface area contributed by atoms with Gasteiger partial charge in [0, 0.05) is 10.7 Å². The minimum absolute atomic E-state index is 0.0286. The second-order valence-corrected chi connectivity index (χ2v) is 5.69. The molecule has 0 aliphatic carbocycles. The summed E-state index contributed by atoms with van der Waals surface area (Å²) in [5, 5.41) is 6.38. The normalized spacial score (nSPS) is 16.1. The van der Waals surface area contributed by atoms with E-state index in [1.807, 2.05) is 13.0 Å². The molecule has 2 aromatic rings. The molecule has 0 saturated carbocycles. The minimum atomic E-state index is -0.718. The van der Waals surface area contributed by atoms with E-state index in [-0.39, 0.29) is 12.3 Å². The predicted octanol–water partition coefficient (Wildman–Crippen LogP) is 3.38. The molecule has 1 heterocycles. The van der Waals surface area contributed by atoms with Crippen LogP contribution in [0.4, 0.5) is 11.4 Å². The van der Waals surface area contributed by atoms with Gasteiger partial charge in [0.1, 0.15) is 6.04 Å². The van der Waals surface area contributed by atoms with Gasteiger partial charge in [-0.1, -0.05) is 29.8 Å². The van der Waals surface area contributed by atoms with Crippen molar-refractivity contribution in [3.8, 4) is 5.75 Å². The molecule has 0 aromatic heterocycles. The highest BCUT2D eigenvalue weighted by Gasteiger charge is 2.29. The van der Waals surface area contributed by atoms with E-state index < -0.39 is 12.0 Å². The summed E-state index contributed by atoms with van der Waals surface area (Å²) in [5.41, 5.74) is 2.11. The van der Waals surface area contributed by atoms with E-state index in [2.05, 4.69) is 10.6 Å². The minimum Gasteiger partial charge on any atom is -0.423 e. The fraction of sp³-hybridized carbons (Fsp3) is 0.176. The molecule has 1 aliphatic heterocycles. The molecular weight excluding hydrogens is 316 g/mol. The highest BCUT2D eigenvalue weighted by molar-refractivity contribution is 6.31. The Morgan fingerprint density at radius 1 is 1.26 bits per heavy atom. The zero-order valence-electron chi connectivity index (χ0n) is 12.4. The Balaban J connectivity index is 1.69. The number of hydrogen-bond donors (Lipinski definition) is 2. The monoisotopic (exact) mass is 330 g/mol. The van der Waals surface area contributed by atoms with Gasteiger partial charge >= 0.3 is 5.97 Å². The van der Waals surface area contributed by atoms with Crippen LogP contribution in [0.5, 0.6) is 5.75 Å². The van der Waals surface area contributed by atoms with E-state index in [0.29, 0.717) is 22.1 Å². The lowest BCUT2D eigenvalue weighted by Crippen LogP contribution is -2.39. The number of ether oxygens (including phenoxy) is 1. The summed E-state index contributed by atoms with van der Waals surface area (Å²) in [5.74, 6) is -0.286. The van der Waals surface area contributed by atoms with Crippen molar-refractivity contribution in [2.45, 2.75) is 19.4 Å². The van der Waals surface area contributed by atoms with E-state index in [0.717, 1.165) is 5.56 Å². The summed E-state index contributed by atoms with van der Waals surface area (Å²) < 4.78 is 5.24. The van der Waals surface area contributed by atoms with E-state index in [1.54, 1.807) is 36.4 Å². The van der Waals surface area contributed by atoms with Crippen LogP contribution in [0.3, 0.4) is 0 Å². The Morgan fingerprint density at radius 3 is 2.87 bits per heavy atom. The number of halogens is 1. The van der Waals surface area contributed by atoms with Crippen LogP contribution in [0.1, 0.15) is 12.0 Å². The Kier molecular flexibility index (Phi) is 4.21. The van der Waals surface area contributed by atoms with E-state index in [4.69, 9.17) is 16.3 Å². The van der Waals surface area contributed by atoms with Crippen molar-refractivity contribution in [1.82, 2.24) is 0 Å². The van der Waals surface area contributed by atoms with Gasteiger partial charge in [-0.2, -0.15) is 0 Å². The molecule has 1 amide bonds. The maximum Gasteiger partial charge on any atom is 0.334 e. The molecule has 0 saturated heterocycles. The molecular formula is C17H15ClN2O3.